The van der Waals surface area contributed by atoms with Gasteiger partial charge in [-0.05, 0) is 42.0 Å². The first-order valence-corrected chi connectivity index (χ1v) is 9.75. The van der Waals surface area contributed by atoms with E-state index in [1.54, 1.807) is 50.6 Å². The summed E-state index contributed by atoms with van der Waals surface area (Å²) >= 11 is 13.4. The van der Waals surface area contributed by atoms with E-state index < -0.39 is 0 Å². The van der Waals surface area contributed by atoms with Crippen molar-refractivity contribution in [2.24, 2.45) is 0 Å². The van der Waals surface area contributed by atoms with Crippen molar-refractivity contribution in [1.82, 2.24) is 4.98 Å². The first-order chi connectivity index (χ1) is 13.5. The lowest BCUT2D eigenvalue weighted by atomic mass is 10.2. The van der Waals surface area contributed by atoms with E-state index in [4.69, 9.17) is 32.7 Å². The summed E-state index contributed by atoms with van der Waals surface area (Å²) in [6, 6.07) is 10.6. The van der Waals surface area contributed by atoms with Crippen molar-refractivity contribution >= 4 is 51.7 Å². The van der Waals surface area contributed by atoms with Gasteiger partial charge in [0, 0.05) is 22.0 Å². The Bertz CT molecular complexity index is 1030. The van der Waals surface area contributed by atoms with Crippen molar-refractivity contribution in [3.8, 4) is 22.8 Å². The van der Waals surface area contributed by atoms with Gasteiger partial charge in [-0.1, -0.05) is 29.3 Å². The average molecular weight is 435 g/mol. The maximum Gasteiger partial charge on any atom is 0.250 e. The highest BCUT2D eigenvalue weighted by Gasteiger charge is 2.10. The second-order valence-corrected chi connectivity index (χ2v) is 7.30. The smallest absolute Gasteiger partial charge is 0.250 e. The summed E-state index contributed by atoms with van der Waals surface area (Å²) in [6.07, 6.45) is 3.11. The first-order valence-electron chi connectivity index (χ1n) is 8.12. The van der Waals surface area contributed by atoms with Crippen LogP contribution < -0.4 is 14.8 Å². The van der Waals surface area contributed by atoms with Crippen LogP contribution in [-0.4, -0.2) is 25.1 Å². The number of hydrogen-bond acceptors (Lipinski definition) is 5. The highest BCUT2D eigenvalue weighted by Crippen LogP contribution is 2.32. The Morgan fingerprint density at radius 3 is 2.61 bits per heavy atom. The van der Waals surface area contributed by atoms with Crippen LogP contribution in [-0.2, 0) is 4.79 Å². The van der Waals surface area contributed by atoms with Gasteiger partial charge in [-0.15, -0.1) is 11.3 Å². The highest BCUT2D eigenvalue weighted by molar-refractivity contribution is 7.14. The Balaban J connectivity index is 1.69. The van der Waals surface area contributed by atoms with Crippen LogP contribution in [0.15, 0.2) is 47.9 Å². The van der Waals surface area contributed by atoms with Crippen molar-refractivity contribution in [3.05, 3.63) is 63.5 Å². The Morgan fingerprint density at radius 2 is 1.89 bits per heavy atom. The Labute approximate surface area is 176 Å². The minimum atomic E-state index is -0.294. The van der Waals surface area contributed by atoms with Crippen LogP contribution in [0.3, 0.4) is 0 Å². The van der Waals surface area contributed by atoms with E-state index in [9.17, 15) is 4.79 Å². The zero-order valence-corrected chi connectivity index (χ0v) is 17.4. The molecule has 1 amide bonds. The molecule has 0 spiro atoms. The van der Waals surface area contributed by atoms with Gasteiger partial charge in [0.1, 0.15) is 0 Å². The van der Waals surface area contributed by atoms with Crippen molar-refractivity contribution in [2.75, 3.05) is 19.5 Å². The topological polar surface area (TPSA) is 60.5 Å². The molecule has 0 saturated heterocycles. The summed E-state index contributed by atoms with van der Waals surface area (Å²) < 4.78 is 10.5. The number of methoxy groups -OCH3 is 2. The third kappa shape index (κ3) is 4.84. The molecule has 0 fully saturated rings. The number of benzene rings is 2. The summed E-state index contributed by atoms with van der Waals surface area (Å²) in [5.41, 5.74) is 2.23. The quantitative estimate of drug-likeness (QED) is 0.498. The zero-order valence-electron chi connectivity index (χ0n) is 15.0. The molecule has 0 aliphatic heterocycles. The molecular weight excluding hydrogens is 419 g/mol. The number of carbonyl (C=O) groups excluding carboxylic acids is 1. The van der Waals surface area contributed by atoms with Crippen molar-refractivity contribution in [1.29, 1.82) is 0 Å². The molecule has 0 atom stereocenters. The van der Waals surface area contributed by atoms with Crippen molar-refractivity contribution < 1.29 is 14.3 Å². The number of hydrogen-bond donors (Lipinski definition) is 1. The molecule has 3 aromatic rings. The molecule has 0 bridgehead atoms. The molecule has 1 N–H and O–H groups in total. The molecule has 0 unspecified atom stereocenters. The van der Waals surface area contributed by atoms with E-state index in [0.717, 1.165) is 11.1 Å². The Hall–Kier alpha value is -2.54. The summed E-state index contributed by atoms with van der Waals surface area (Å²) in [7, 11) is 3.13. The predicted molar refractivity (Wildman–Crippen MR) is 115 cm³/mol. The number of aromatic nitrogens is 1. The first kappa shape index (κ1) is 20.2. The molecule has 1 heterocycles. The van der Waals surface area contributed by atoms with Gasteiger partial charge in [-0.25, -0.2) is 4.98 Å². The lowest BCUT2D eigenvalue weighted by molar-refractivity contribution is -0.111. The molecule has 5 nitrogen and oxygen atoms in total. The molecule has 1 aromatic heterocycles. The number of rotatable bonds is 6. The van der Waals surface area contributed by atoms with E-state index >= 15 is 0 Å². The molecular formula is C20H16Cl2N2O3S. The monoisotopic (exact) mass is 434 g/mol. The maximum absolute atomic E-state index is 12.2. The van der Waals surface area contributed by atoms with Crippen LogP contribution in [0.5, 0.6) is 11.5 Å². The van der Waals surface area contributed by atoms with E-state index in [-0.39, 0.29) is 5.91 Å². The third-order valence-electron chi connectivity index (χ3n) is 3.78. The minimum Gasteiger partial charge on any atom is -0.493 e. The fourth-order valence-electron chi connectivity index (χ4n) is 2.43. The highest BCUT2D eigenvalue weighted by atomic mass is 35.5. The largest absolute Gasteiger partial charge is 0.493 e. The van der Waals surface area contributed by atoms with Crippen LogP contribution in [0.1, 0.15) is 5.56 Å². The van der Waals surface area contributed by atoms with Crippen LogP contribution in [0, 0.1) is 0 Å². The molecule has 0 radical (unpaired) electrons. The number of thiazole rings is 1. The summed E-state index contributed by atoms with van der Waals surface area (Å²) in [6.45, 7) is 0. The standard InChI is InChI=1S/C20H16Cl2N2O3S/c1-26-17-7-3-12(9-18(17)27-2)4-8-19(25)24-20-23-16(11-28-20)14-6-5-13(21)10-15(14)22/h3-11H,1-2H3,(H,23,24,25)/b8-4+. The maximum atomic E-state index is 12.2. The van der Waals surface area contributed by atoms with Gasteiger partial charge in [-0.2, -0.15) is 0 Å². The van der Waals surface area contributed by atoms with E-state index in [1.807, 2.05) is 11.4 Å². The van der Waals surface area contributed by atoms with E-state index in [1.165, 1.54) is 17.4 Å². The van der Waals surface area contributed by atoms with Crippen LogP contribution >= 0.6 is 34.5 Å². The normalized spacial score (nSPS) is 10.9. The van der Waals surface area contributed by atoms with Gasteiger partial charge in [0.05, 0.1) is 24.9 Å². The van der Waals surface area contributed by atoms with Crippen LogP contribution in [0.25, 0.3) is 17.3 Å². The second kappa shape index (κ2) is 9.10. The van der Waals surface area contributed by atoms with Gasteiger partial charge in [0.25, 0.3) is 0 Å². The molecule has 2 aromatic carbocycles. The van der Waals surface area contributed by atoms with Gasteiger partial charge >= 0.3 is 0 Å². The number of nitrogens with one attached hydrogen (secondary N) is 1. The summed E-state index contributed by atoms with van der Waals surface area (Å²) in [5.74, 6) is 0.924. The molecule has 8 heteroatoms. The SMILES string of the molecule is COc1ccc(/C=C/C(=O)Nc2nc(-c3ccc(Cl)cc3Cl)cs2)cc1OC. The average Bonchev–Trinajstić information content (AvgIpc) is 3.14. The van der Waals surface area contributed by atoms with E-state index in [0.29, 0.717) is 32.4 Å². The molecule has 0 aliphatic rings. The zero-order chi connectivity index (χ0) is 20.1. The minimum absolute atomic E-state index is 0.294. The van der Waals surface area contributed by atoms with Gasteiger partial charge in [0.15, 0.2) is 16.6 Å². The lowest BCUT2D eigenvalue weighted by Crippen LogP contribution is -2.07. The Kier molecular flexibility index (Phi) is 6.57. The van der Waals surface area contributed by atoms with Gasteiger partial charge in [-0.3, -0.25) is 10.1 Å². The second-order valence-electron chi connectivity index (χ2n) is 5.60. The number of carbonyl (C=O) groups is 1. The molecule has 28 heavy (non-hydrogen) atoms. The number of anilines is 1. The van der Waals surface area contributed by atoms with Crippen LogP contribution in [0.2, 0.25) is 10.0 Å². The Morgan fingerprint density at radius 1 is 1.11 bits per heavy atom. The number of ether oxygens (including phenoxy) is 2. The molecule has 144 valence electrons. The summed E-state index contributed by atoms with van der Waals surface area (Å²) in [5, 5.41) is 6.10. The molecule has 0 aliphatic carbocycles. The fraction of sp³-hybridized carbons (Fsp3) is 0.100. The van der Waals surface area contributed by atoms with Gasteiger partial charge < -0.3 is 9.47 Å². The molecule has 0 saturated carbocycles. The fourth-order valence-corrected chi connectivity index (χ4v) is 3.65. The summed E-state index contributed by atoms with van der Waals surface area (Å²) in [4.78, 5) is 16.6. The van der Waals surface area contributed by atoms with Crippen molar-refractivity contribution in [2.45, 2.75) is 0 Å². The third-order valence-corrected chi connectivity index (χ3v) is 5.08. The number of halogens is 2. The predicted octanol–water partition coefficient (Wildman–Crippen LogP) is 5.79. The number of amides is 1. The van der Waals surface area contributed by atoms with Crippen LogP contribution in [0.4, 0.5) is 5.13 Å². The van der Waals surface area contributed by atoms with E-state index in [2.05, 4.69) is 10.3 Å². The molecule has 3 rings (SSSR count). The lowest BCUT2D eigenvalue weighted by Gasteiger charge is -2.07. The van der Waals surface area contributed by atoms with Crippen molar-refractivity contribution in [3.63, 3.8) is 0 Å². The number of nitrogens with zero attached hydrogens (tertiary/aromatic N) is 1. The van der Waals surface area contributed by atoms with Gasteiger partial charge in [0.2, 0.25) is 5.91 Å².